The second kappa shape index (κ2) is 5.89. The van der Waals surface area contributed by atoms with Crippen molar-refractivity contribution in [3.05, 3.63) is 11.4 Å². The molecule has 1 saturated carbocycles. The maximum atomic E-state index is 12.9. The number of nitrogens with zero attached hydrogens (tertiary/aromatic N) is 2. The van der Waals surface area contributed by atoms with Crippen LogP contribution in [-0.2, 0) is 15.9 Å². The Morgan fingerprint density at radius 1 is 1.29 bits per heavy atom. The summed E-state index contributed by atoms with van der Waals surface area (Å²) in [5.74, 6) is 1.34. The van der Waals surface area contributed by atoms with Crippen LogP contribution in [0.5, 0.6) is 0 Å². The lowest BCUT2D eigenvalue weighted by Crippen LogP contribution is -2.44. The lowest BCUT2D eigenvalue weighted by atomic mass is 9.76. The van der Waals surface area contributed by atoms with Crippen LogP contribution in [-0.4, -0.2) is 36.0 Å². The van der Waals surface area contributed by atoms with Gasteiger partial charge in [0.1, 0.15) is 4.90 Å². The molecule has 1 aromatic heterocycles. The van der Waals surface area contributed by atoms with E-state index >= 15 is 0 Å². The molecule has 0 aromatic carbocycles. The zero-order valence-electron chi connectivity index (χ0n) is 12.3. The molecule has 118 valence electrons. The van der Waals surface area contributed by atoms with Gasteiger partial charge in [-0.3, -0.25) is 5.10 Å². The van der Waals surface area contributed by atoms with Gasteiger partial charge in [-0.1, -0.05) is 19.3 Å². The topological polar surface area (TPSA) is 66.1 Å². The van der Waals surface area contributed by atoms with Crippen LogP contribution >= 0.6 is 11.6 Å². The van der Waals surface area contributed by atoms with Crippen LogP contribution in [0.3, 0.4) is 0 Å². The summed E-state index contributed by atoms with van der Waals surface area (Å²) < 4.78 is 27.5. The molecule has 5 nitrogen and oxygen atoms in total. The molecule has 0 bridgehead atoms. The largest absolute Gasteiger partial charge is 0.281 e. The molecule has 1 N–H and O–H groups in total. The summed E-state index contributed by atoms with van der Waals surface area (Å²) in [6.07, 6.45) is 5.93. The molecule has 21 heavy (non-hydrogen) atoms. The van der Waals surface area contributed by atoms with Crippen molar-refractivity contribution >= 4 is 21.6 Å². The number of aromatic nitrogens is 2. The molecule has 2 heterocycles. The number of hydrogen-bond acceptors (Lipinski definition) is 3. The Hall–Kier alpha value is -0.590. The van der Waals surface area contributed by atoms with E-state index in [-0.39, 0.29) is 10.8 Å². The number of aryl methyl sites for hydroxylation is 1. The van der Waals surface area contributed by atoms with Crippen LogP contribution in [0.2, 0.25) is 0 Å². The molecular formula is C14H22ClN3O2S. The third-order valence-electron chi connectivity index (χ3n) is 4.94. The number of aromatic amines is 1. The second-order valence-corrected chi connectivity index (χ2v) is 8.36. The Labute approximate surface area is 131 Å². The van der Waals surface area contributed by atoms with Gasteiger partial charge in [-0.2, -0.15) is 9.40 Å². The van der Waals surface area contributed by atoms with Gasteiger partial charge in [0.05, 0.1) is 17.3 Å². The summed E-state index contributed by atoms with van der Waals surface area (Å²) in [6, 6.07) is 0. The van der Waals surface area contributed by atoms with E-state index in [9.17, 15) is 8.42 Å². The van der Waals surface area contributed by atoms with Gasteiger partial charge in [0.15, 0.2) is 0 Å². The van der Waals surface area contributed by atoms with Crippen molar-refractivity contribution in [1.82, 2.24) is 14.5 Å². The van der Waals surface area contributed by atoms with E-state index in [4.69, 9.17) is 11.6 Å². The highest BCUT2D eigenvalue weighted by Gasteiger charge is 2.38. The first-order valence-corrected chi connectivity index (χ1v) is 9.61. The minimum absolute atomic E-state index is 0.110. The Kier molecular flexibility index (Phi) is 4.30. The Morgan fingerprint density at radius 3 is 2.71 bits per heavy atom. The lowest BCUT2D eigenvalue weighted by Gasteiger charge is -2.40. The van der Waals surface area contributed by atoms with Crippen molar-refractivity contribution in [2.45, 2.75) is 49.8 Å². The van der Waals surface area contributed by atoms with Gasteiger partial charge in [0, 0.05) is 13.1 Å². The van der Waals surface area contributed by atoms with E-state index in [0.717, 1.165) is 12.8 Å². The third kappa shape index (κ3) is 2.73. The molecule has 0 amide bonds. The van der Waals surface area contributed by atoms with Crippen LogP contribution in [0.15, 0.2) is 4.90 Å². The van der Waals surface area contributed by atoms with Gasteiger partial charge in [0.25, 0.3) is 0 Å². The molecule has 2 fully saturated rings. The highest BCUT2D eigenvalue weighted by Crippen LogP contribution is 2.38. The molecule has 0 spiro atoms. The van der Waals surface area contributed by atoms with Crippen LogP contribution < -0.4 is 0 Å². The smallest absolute Gasteiger partial charge is 0.246 e. The number of halogens is 1. The fourth-order valence-corrected chi connectivity index (χ4v) is 5.93. The summed E-state index contributed by atoms with van der Waals surface area (Å²) in [4.78, 5) is 0.284. The van der Waals surface area contributed by atoms with Gasteiger partial charge < -0.3 is 0 Å². The number of H-pyrrole nitrogens is 1. The maximum Gasteiger partial charge on any atom is 0.246 e. The Balaban J connectivity index is 1.87. The first-order chi connectivity index (χ1) is 10.0. The fraction of sp³-hybridized carbons (Fsp3) is 0.786. The SMILES string of the molecule is Cc1[nH]nc(CCl)c1S(=O)(=O)N1CCC2CCCCC2C1. The molecule has 2 aliphatic rings. The fourth-order valence-electron chi connectivity index (χ4n) is 3.82. The van der Waals surface area contributed by atoms with E-state index in [2.05, 4.69) is 10.2 Å². The summed E-state index contributed by atoms with van der Waals surface area (Å²) in [5, 5.41) is 6.76. The maximum absolute atomic E-state index is 12.9. The van der Waals surface area contributed by atoms with Gasteiger partial charge >= 0.3 is 0 Å². The monoisotopic (exact) mass is 331 g/mol. The van der Waals surface area contributed by atoms with E-state index in [1.807, 2.05) is 0 Å². The summed E-state index contributed by atoms with van der Waals surface area (Å²) in [6.45, 7) is 3.01. The van der Waals surface area contributed by atoms with Gasteiger partial charge in [-0.25, -0.2) is 8.42 Å². The van der Waals surface area contributed by atoms with Gasteiger partial charge in [0.2, 0.25) is 10.0 Å². The third-order valence-corrected chi connectivity index (χ3v) is 7.26. The predicted octanol–water partition coefficient (Wildman–Crippen LogP) is 2.66. The van der Waals surface area contributed by atoms with Crippen molar-refractivity contribution in [2.75, 3.05) is 13.1 Å². The van der Waals surface area contributed by atoms with Crippen molar-refractivity contribution in [3.8, 4) is 0 Å². The molecule has 1 aliphatic heterocycles. The first kappa shape index (κ1) is 15.3. The highest BCUT2D eigenvalue weighted by atomic mass is 35.5. The number of rotatable bonds is 3. The minimum atomic E-state index is -3.49. The average Bonchev–Trinajstić information content (AvgIpc) is 2.88. The number of alkyl halides is 1. The number of sulfonamides is 1. The molecule has 1 aliphatic carbocycles. The Bertz CT molecular complexity index is 614. The Morgan fingerprint density at radius 2 is 2.00 bits per heavy atom. The molecular weight excluding hydrogens is 310 g/mol. The van der Waals surface area contributed by atoms with Crippen LogP contribution in [0, 0.1) is 18.8 Å². The molecule has 2 atom stereocenters. The van der Waals surface area contributed by atoms with Crippen molar-refractivity contribution in [1.29, 1.82) is 0 Å². The van der Waals surface area contributed by atoms with E-state index in [1.54, 1.807) is 11.2 Å². The molecule has 3 rings (SSSR count). The highest BCUT2D eigenvalue weighted by molar-refractivity contribution is 7.89. The normalized spacial score (nSPS) is 27.5. The average molecular weight is 332 g/mol. The van der Waals surface area contributed by atoms with Gasteiger partial charge in [-0.05, 0) is 31.6 Å². The lowest BCUT2D eigenvalue weighted by molar-refractivity contribution is 0.136. The number of piperidine rings is 1. The van der Waals surface area contributed by atoms with E-state index in [0.29, 0.717) is 36.3 Å². The van der Waals surface area contributed by atoms with Crippen LogP contribution in [0.4, 0.5) is 0 Å². The van der Waals surface area contributed by atoms with Crippen molar-refractivity contribution < 1.29 is 8.42 Å². The zero-order valence-corrected chi connectivity index (χ0v) is 13.9. The van der Waals surface area contributed by atoms with Crippen molar-refractivity contribution in [2.24, 2.45) is 11.8 Å². The number of hydrogen-bond donors (Lipinski definition) is 1. The molecule has 2 unspecified atom stereocenters. The molecule has 7 heteroatoms. The molecule has 1 saturated heterocycles. The van der Waals surface area contributed by atoms with Gasteiger partial charge in [-0.15, -0.1) is 11.6 Å². The van der Waals surface area contributed by atoms with E-state index < -0.39 is 10.0 Å². The number of nitrogens with one attached hydrogen (secondary N) is 1. The number of fused-ring (bicyclic) bond motifs is 1. The van der Waals surface area contributed by atoms with Crippen molar-refractivity contribution in [3.63, 3.8) is 0 Å². The zero-order chi connectivity index (χ0) is 15.0. The first-order valence-electron chi connectivity index (χ1n) is 7.64. The predicted molar refractivity (Wildman–Crippen MR) is 81.7 cm³/mol. The summed E-state index contributed by atoms with van der Waals surface area (Å²) in [5.41, 5.74) is 1.01. The molecule has 1 aromatic rings. The summed E-state index contributed by atoms with van der Waals surface area (Å²) in [7, 11) is -3.49. The van der Waals surface area contributed by atoms with Crippen LogP contribution in [0.1, 0.15) is 43.5 Å². The quantitative estimate of drug-likeness (QED) is 0.866. The standard InChI is InChI=1S/C14H22ClN3O2S/c1-10-14(13(8-15)17-16-10)21(19,20)18-7-6-11-4-2-3-5-12(11)9-18/h11-12H,2-9H2,1H3,(H,16,17). The second-order valence-electron chi connectivity index (χ2n) is 6.21. The molecule has 0 radical (unpaired) electrons. The van der Waals surface area contributed by atoms with E-state index in [1.165, 1.54) is 19.3 Å². The summed E-state index contributed by atoms with van der Waals surface area (Å²) >= 11 is 5.84. The van der Waals surface area contributed by atoms with Crippen LogP contribution in [0.25, 0.3) is 0 Å². The minimum Gasteiger partial charge on any atom is -0.281 e.